The van der Waals surface area contributed by atoms with Gasteiger partial charge >= 0.3 is 12.0 Å². The smallest absolute Gasteiger partial charge is 0.319 e. The minimum Gasteiger partial charge on any atom is -0.481 e. The first-order valence-corrected chi connectivity index (χ1v) is 6.37. The van der Waals surface area contributed by atoms with E-state index in [1.165, 1.54) is 0 Å². The molecule has 0 aliphatic heterocycles. The molecule has 19 heavy (non-hydrogen) atoms. The summed E-state index contributed by atoms with van der Waals surface area (Å²) in [5, 5.41) is 14.3. The Morgan fingerprint density at radius 1 is 1.26 bits per heavy atom. The predicted octanol–water partition coefficient (Wildman–Crippen LogP) is 2.38. The summed E-state index contributed by atoms with van der Waals surface area (Å²) in [6, 6.07) is 7.03. The number of carboxylic acids is 1. The van der Waals surface area contributed by atoms with Gasteiger partial charge in [-0.25, -0.2) is 4.79 Å². The van der Waals surface area contributed by atoms with Gasteiger partial charge in [0.1, 0.15) is 0 Å². The second kappa shape index (κ2) is 5.30. The summed E-state index contributed by atoms with van der Waals surface area (Å²) in [5.41, 5.74) is 1.62. The highest BCUT2D eigenvalue weighted by Gasteiger charge is 2.38. The molecule has 1 aliphatic carbocycles. The third-order valence-electron chi connectivity index (χ3n) is 3.25. The van der Waals surface area contributed by atoms with Gasteiger partial charge in [-0.3, -0.25) is 4.79 Å². The van der Waals surface area contributed by atoms with E-state index in [0.717, 1.165) is 18.4 Å². The first-order valence-electron chi connectivity index (χ1n) is 6.37. The highest BCUT2D eigenvalue weighted by atomic mass is 16.4. The number of urea groups is 1. The molecule has 0 aromatic heterocycles. The standard InChI is InChI=1S/C14H18N2O3/c1-14(8-9-14)16-13(19)15-11-5-2-10(3-6-11)4-7-12(17)18/h2-3,5-6H,4,7-9H2,1H3,(H,17,18)(H2,15,16,19). The first kappa shape index (κ1) is 13.4. The molecule has 0 unspecified atom stereocenters. The zero-order valence-corrected chi connectivity index (χ0v) is 10.9. The van der Waals surface area contributed by atoms with Crippen molar-refractivity contribution in [3.05, 3.63) is 29.8 Å². The lowest BCUT2D eigenvalue weighted by Gasteiger charge is -2.12. The molecule has 2 amide bonds. The van der Waals surface area contributed by atoms with Crippen LogP contribution >= 0.6 is 0 Å². The number of rotatable bonds is 5. The maximum Gasteiger partial charge on any atom is 0.319 e. The molecule has 5 heteroatoms. The quantitative estimate of drug-likeness (QED) is 0.762. The molecule has 1 fully saturated rings. The summed E-state index contributed by atoms with van der Waals surface area (Å²) >= 11 is 0. The van der Waals surface area contributed by atoms with E-state index in [4.69, 9.17) is 5.11 Å². The van der Waals surface area contributed by atoms with E-state index in [2.05, 4.69) is 10.6 Å². The van der Waals surface area contributed by atoms with Crippen molar-refractivity contribution >= 4 is 17.7 Å². The van der Waals surface area contributed by atoms with Gasteiger partial charge in [0, 0.05) is 17.6 Å². The van der Waals surface area contributed by atoms with E-state index in [1.54, 1.807) is 12.1 Å². The number of amides is 2. The number of hydrogen-bond donors (Lipinski definition) is 3. The zero-order valence-electron chi connectivity index (χ0n) is 10.9. The average Bonchev–Trinajstić information content (AvgIpc) is 3.05. The van der Waals surface area contributed by atoms with Gasteiger partial charge in [0.15, 0.2) is 0 Å². The monoisotopic (exact) mass is 262 g/mol. The molecule has 5 nitrogen and oxygen atoms in total. The maximum absolute atomic E-state index is 11.7. The molecule has 0 atom stereocenters. The highest BCUT2D eigenvalue weighted by molar-refractivity contribution is 5.90. The highest BCUT2D eigenvalue weighted by Crippen LogP contribution is 2.34. The van der Waals surface area contributed by atoms with Crippen molar-refractivity contribution in [3.63, 3.8) is 0 Å². The van der Waals surface area contributed by atoms with Crippen molar-refractivity contribution in [1.82, 2.24) is 5.32 Å². The van der Waals surface area contributed by atoms with Gasteiger partial charge in [-0.05, 0) is 43.9 Å². The Hall–Kier alpha value is -2.04. The van der Waals surface area contributed by atoms with Crippen LogP contribution in [0.2, 0.25) is 0 Å². The maximum atomic E-state index is 11.7. The third-order valence-corrected chi connectivity index (χ3v) is 3.25. The number of carbonyl (C=O) groups excluding carboxylic acids is 1. The summed E-state index contributed by atoms with van der Waals surface area (Å²) < 4.78 is 0. The summed E-state index contributed by atoms with van der Waals surface area (Å²) in [5.74, 6) is -0.806. The van der Waals surface area contributed by atoms with Gasteiger partial charge in [-0.15, -0.1) is 0 Å². The van der Waals surface area contributed by atoms with Crippen LogP contribution in [0, 0.1) is 0 Å². The molecular formula is C14H18N2O3. The number of aryl methyl sites for hydroxylation is 1. The molecule has 0 radical (unpaired) electrons. The second-order valence-corrected chi connectivity index (χ2v) is 5.23. The predicted molar refractivity (Wildman–Crippen MR) is 72.2 cm³/mol. The molecule has 1 saturated carbocycles. The molecular weight excluding hydrogens is 244 g/mol. The molecule has 0 bridgehead atoms. The van der Waals surface area contributed by atoms with Crippen LogP contribution in [0.1, 0.15) is 31.7 Å². The second-order valence-electron chi connectivity index (χ2n) is 5.23. The largest absolute Gasteiger partial charge is 0.481 e. The first-order chi connectivity index (χ1) is 8.97. The Morgan fingerprint density at radius 3 is 2.42 bits per heavy atom. The van der Waals surface area contributed by atoms with Gasteiger partial charge in [-0.2, -0.15) is 0 Å². The zero-order chi connectivity index (χ0) is 13.9. The number of carbonyl (C=O) groups is 2. The molecule has 1 aliphatic rings. The number of aliphatic carboxylic acids is 1. The number of hydrogen-bond acceptors (Lipinski definition) is 2. The Morgan fingerprint density at radius 2 is 1.89 bits per heavy atom. The van der Waals surface area contributed by atoms with Crippen molar-refractivity contribution < 1.29 is 14.7 Å². The van der Waals surface area contributed by atoms with Gasteiger partial charge in [-0.1, -0.05) is 12.1 Å². The van der Waals surface area contributed by atoms with Gasteiger partial charge in [0.05, 0.1) is 0 Å². The minimum atomic E-state index is -0.806. The number of carboxylic acid groups (broad SMARTS) is 1. The summed E-state index contributed by atoms with van der Waals surface area (Å²) in [6.45, 7) is 2.02. The molecule has 1 aromatic rings. The van der Waals surface area contributed by atoms with Crippen LogP contribution in [0.4, 0.5) is 10.5 Å². The van der Waals surface area contributed by atoms with Crippen molar-refractivity contribution in [1.29, 1.82) is 0 Å². The van der Waals surface area contributed by atoms with Crippen LogP contribution in [0.15, 0.2) is 24.3 Å². The molecule has 0 saturated heterocycles. The van der Waals surface area contributed by atoms with Gasteiger partial charge in [0.25, 0.3) is 0 Å². The number of benzene rings is 1. The van der Waals surface area contributed by atoms with Crippen LogP contribution in [-0.4, -0.2) is 22.6 Å². The number of nitrogens with one attached hydrogen (secondary N) is 2. The summed E-state index contributed by atoms with van der Waals surface area (Å²) in [4.78, 5) is 22.1. The van der Waals surface area contributed by atoms with E-state index in [1.807, 2.05) is 19.1 Å². The fourth-order valence-electron chi connectivity index (χ4n) is 1.75. The van der Waals surface area contributed by atoms with Gasteiger partial charge < -0.3 is 15.7 Å². The van der Waals surface area contributed by atoms with Crippen molar-refractivity contribution in [2.45, 2.75) is 38.1 Å². The summed E-state index contributed by atoms with van der Waals surface area (Å²) in [6.07, 6.45) is 2.66. The lowest BCUT2D eigenvalue weighted by atomic mass is 10.1. The molecule has 2 rings (SSSR count). The van der Waals surface area contributed by atoms with Crippen LogP contribution in [0.3, 0.4) is 0 Å². The lowest BCUT2D eigenvalue weighted by molar-refractivity contribution is -0.136. The van der Waals surface area contributed by atoms with E-state index < -0.39 is 5.97 Å². The third kappa shape index (κ3) is 4.28. The van der Waals surface area contributed by atoms with E-state index in [9.17, 15) is 9.59 Å². The molecule has 0 spiro atoms. The van der Waals surface area contributed by atoms with E-state index >= 15 is 0 Å². The lowest BCUT2D eigenvalue weighted by Crippen LogP contribution is -2.37. The van der Waals surface area contributed by atoms with Crippen LogP contribution < -0.4 is 10.6 Å². The van der Waals surface area contributed by atoms with Crippen molar-refractivity contribution in [2.24, 2.45) is 0 Å². The number of anilines is 1. The Balaban J connectivity index is 1.84. The fraction of sp³-hybridized carbons (Fsp3) is 0.429. The topological polar surface area (TPSA) is 78.4 Å². The Labute approximate surface area is 112 Å². The Bertz CT molecular complexity index is 478. The minimum absolute atomic E-state index is 0.0362. The van der Waals surface area contributed by atoms with Crippen molar-refractivity contribution in [2.75, 3.05) is 5.32 Å². The molecule has 3 N–H and O–H groups in total. The average molecular weight is 262 g/mol. The van der Waals surface area contributed by atoms with E-state index in [0.29, 0.717) is 12.1 Å². The van der Waals surface area contributed by atoms with E-state index in [-0.39, 0.29) is 18.0 Å². The van der Waals surface area contributed by atoms with Crippen molar-refractivity contribution in [3.8, 4) is 0 Å². The van der Waals surface area contributed by atoms with Crippen LogP contribution in [0.5, 0.6) is 0 Å². The molecule has 1 aromatic carbocycles. The normalized spacial score (nSPS) is 15.6. The summed E-state index contributed by atoms with van der Waals surface area (Å²) in [7, 11) is 0. The molecule has 0 heterocycles. The van der Waals surface area contributed by atoms with Gasteiger partial charge in [0.2, 0.25) is 0 Å². The molecule has 102 valence electrons. The Kier molecular flexibility index (Phi) is 3.74. The SMILES string of the molecule is CC1(NC(=O)Nc2ccc(CCC(=O)O)cc2)CC1. The fourth-order valence-corrected chi connectivity index (χ4v) is 1.75. The van der Waals surface area contributed by atoms with Crippen LogP contribution in [0.25, 0.3) is 0 Å². The van der Waals surface area contributed by atoms with Crippen LogP contribution in [-0.2, 0) is 11.2 Å².